The van der Waals surface area contributed by atoms with Crippen molar-refractivity contribution in [3.05, 3.63) is 40.3 Å². The van der Waals surface area contributed by atoms with Crippen LogP contribution in [0.25, 0.3) is 0 Å². The number of aromatic nitrogens is 1. The lowest BCUT2D eigenvalue weighted by Gasteiger charge is -2.10. The number of ether oxygens (including phenoxy) is 1. The van der Waals surface area contributed by atoms with Crippen LogP contribution in [0.3, 0.4) is 0 Å². The number of thiazole rings is 1. The van der Waals surface area contributed by atoms with Crippen LogP contribution in [-0.4, -0.2) is 28.6 Å². The summed E-state index contributed by atoms with van der Waals surface area (Å²) in [7, 11) is 0. The molecule has 0 saturated carbocycles. The third-order valence-electron chi connectivity index (χ3n) is 2.88. The molecule has 1 heterocycles. The highest BCUT2D eigenvalue weighted by Crippen LogP contribution is 2.21. The van der Waals surface area contributed by atoms with Gasteiger partial charge in [0.15, 0.2) is 6.61 Å². The fourth-order valence-electron chi connectivity index (χ4n) is 1.82. The van der Waals surface area contributed by atoms with E-state index in [9.17, 15) is 9.59 Å². The number of carbonyl (C=O) groups is 2. The molecule has 0 saturated heterocycles. The molecule has 0 spiro atoms. The van der Waals surface area contributed by atoms with E-state index < -0.39 is 5.97 Å². The van der Waals surface area contributed by atoms with Crippen molar-refractivity contribution in [1.82, 2.24) is 4.98 Å². The second-order valence-corrected chi connectivity index (χ2v) is 5.61. The van der Waals surface area contributed by atoms with Gasteiger partial charge in [-0.2, -0.15) is 0 Å². The number of rotatable bonds is 7. The fourth-order valence-corrected chi connectivity index (χ4v) is 2.44. The Labute approximate surface area is 131 Å². The molecule has 6 nitrogen and oxygen atoms in total. The summed E-state index contributed by atoms with van der Waals surface area (Å²) in [6, 6.07) is 5.03. The predicted octanol–water partition coefficient (Wildman–Crippen LogP) is 2.49. The maximum Gasteiger partial charge on any atom is 0.341 e. The average Bonchev–Trinajstić information content (AvgIpc) is 2.99. The van der Waals surface area contributed by atoms with Crippen molar-refractivity contribution >= 4 is 28.9 Å². The molecule has 1 amide bonds. The molecule has 1 aromatic heterocycles. The molecule has 116 valence electrons. The van der Waals surface area contributed by atoms with E-state index in [1.807, 2.05) is 12.3 Å². The van der Waals surface area contributed by atoms with Crippen molar-refractivity contribution in [2.75, 3.05) is 11.9 Å². The lowest BCUT2D eigenvalue weighted by molar-refractivity contribution is -0.139. The first kappa shape index (κ1) is 16.0. The summed E-state index contributed by atoms with van der Waals surface area (Å²) in [4.78, 5) is 26.5. The monoisotopic (exact) mass is 320 g/mol. The molecule has 0 fully saturated rings. The summed E-state index contributed by atoms with van der Waals surface area (Å²) in [5, 5.41) is 14.2. The van der Waals surface area contributed by atoms with Crippen LogP contribution < -0.4 is 10.1 Å². The molecular formula is C15H16N2O4S. The maximum atomic E-state index is 11.9. The number of aryl methyl sites for hydroxylation is 2. The summed E-state index contributed by atoms with van der Waals surface area (Å²) in [6.07, 6.45) is 2.70. The van der Waals surface area contributed by atoms with Crippen LogP contribution in [0, 0.1) is 6.92 Å². The van der Waals surface area contributed by atoms with Crippen LogP contribution in [0.4, 0.5) is 5.69 Å². The third kappa shape index (κ3) is 4.85. The van der Waals surface area contributed by atoms with Crippen molar-refractivity contribution in [1.29, 1.82) is 0 Å². The minimum absolute atomic E-state index is 0.0856. The highest BCUT2D eigenvalue weighted by atomic mass is 32.1. The van der Waals surface area contributed by atoms with Crippen LogP contribution in [0.1, 0.15) is 17.0 Å². The molecule has 2 N–H and O–H groups in total. The molecule has 2 rings (SSSR count). The highest BCUT2D eigenvalue weighted by Gasteiger charge is 2.08. The van der Waals surface area contributed by atoms with Crippen molar-refractivity contribution in [3.63, 3.8) is 0 Å². The van der Waals surface area contributed by atoms with E-state index in [4.69, 9.17) is 9.84 Å². The van der Waals surface area contributed by atoms with E-state index in [-0.39, 0.29) is 12.5 Å². The number of carboxylic acids is 1. The standard InChI is InChI=1S/C15H16N2O4S/c1-10-8-11(21-9-15(19)20)2-3-12(10)17-13(18)4-5-14-16-6-7-22-14/h2-3,6-8H,4-5,9H2,1H3,(H,17,18)(H,19,20). The Kier molecular flexibility index (Phi) is 5.48. The van der Waals surface area contributed by atoms with Crippen LogP contribution in [0.15, 0.2) is 29.8 Å². The molecule has 0 aliphatic rings. The Morgan fingerprint density at radius 3 is 2.86 bits per heavy atom. The normalized spacial score (nSPS) is 10.2. The van der Waals surface area contributed by atoms with Gasteiger partial charge in [0.1, 0.15) is 5.75 Å². The SMILES string of the molecule is Cc1cc(OCC(=O)O)ccc1NC(=O)CCc1nccs1. The van der Waals surface area contributed by atoms with Crippen molar-refractivity contribution < 1.29 is 19.4 Å². The van der Waals surface area contributed by atoms with Crippen molar-refractivity contribution in [2.45, 2.75) is 19.8 Å². The van der Waals surface area contributed by atoms with Crippen LogP contribution in [-0.2, 0) is 16.0 Å². The van der Waals surface area contributed by atoms with Gasteiger partial charge in [-0.3, -0.25) is 4.79 Å². The van der Waals surface area contributed by atoms with Crippen molar-refractivity contribution in [2.24, 2.45) is 0 Å². The van der Waals surface area contributed by atoms with Gasteiger partial charge in [-0.15, -0.1) is 11.3 Å². The largest absolute Gasteiger partial charge is 0.482 e. The number of aliphatic carboxylic acids is 1. The molecule has 2 aromatic rings. The zero-order valence-electron chi connectivity index (χ0n) is 12.0. The van der Waals surface area contributed by atoms with Gasteiger partial charge >= 0.3 is 5.97 Å². The number of carbonyl (C=O) groups excluding carboxylic acids is 1. The molecular weight excluding hydrogens is 304 g/mol. The Morgan fingerprint density at radius 2 is 2.23 bits per heavy atom. The fraction of sp³-hybridized carbons (Fsp3) is 0.267. The Balaban J connectivity index is 1.89. The summed E-state index contributed by atoms with van der Waals surface area (Å²) in [5.41, 5.74) is 1.50. The molecule has 1 aromatic carbocycles. The van der Waals surface area contributed by atoms with E-state index >= 15 is 0 Å². The van der Waals surface area contributed by atoms with E-state index in [2.05, 4.69) is 10.3 Å². The Morgan fingerprint density at radius 1 is 1.41 bits per heavy atom. The molecule has 0 bridgehead atoms. The van der Waals surface area contributed by atoms with Gasteiger partial charge in [0.2, 0.25) is 5.91 Å². The zero-order valence-corrected chi connectivity index (χ0v) is 12.9. The Hall–Kier alpha value is -2.41. The van der Waals surface area contributed by atoms with Gasteiger partial charge in [-0.1, -0.05) is 0 Å². The number of benzene rings is 1. The van der Waals surface area contributed by atoms with Gasteiger partial charge in [0, 0.05) is 30.1 Å². The molecule has 0 aliphatic heterocycles. The highest BCUT2D eigenvalue weighted by molar-refractivity contribution is 7.09. The van der Waals surface area contributed by atoms with Gasteiger partial charge in [0.05, 0.1) is 5.01 Å². The minimum atomic E-state index is -1.03. The van der Waals surface area contributed by atoms with Crippen LogP contribution in [0.5, 0.6) is 5.75 Å². The van der Waals surface area contributed by atoms with E-state index in [1.165, 1.54) is 11.3 Å². The second-order valence-electron chi connectivity index (χ2n) is 4.63. The number of hydrogen-bond donors (Lipinski definition) is 2. The summed E-state index contributed by atoms with van der Waals surface area (Å²) in [5.74, 6) is -0.657. The number of nitrogens with zero attached hydrogens (tertiary/aromatic N) is 1. The predicted molar refractivity (Wildman–Crippen MR) is 83.4 cm³/mol. The van der Waals surface area contributed by atoms with E-state index in [1.54, 1.807) is 24.4 Å². The van der Waals surface area contributed by atoms with Gasteiger partial charge in [-0.25, -0.2) is 9.78 Å². The minimum Gasteiger partial charge on any atom is -0.482 e. The topological polar surface area (TPSA) is 88.5 Å². The number of carboxylic acid groups (broad SMARTS) is 1. The third-order valence-corrected chi connectivity index (χ3v) is 3.72. The van der Waals surface area contributed by atoms with Gasteiger partial charge < -0.3 is 15.2 Å². The number of hydrogen-bond acceptors (Lipinski definition) is 5. The summed E-state index contributed by atoms with van der Waals surface area (Å²) in [6.45, 7) is 1.43. The smallest absolute Gasteiger partial charge is 0.341 e. The van der Waals surface area contributed by atoms with Gasteiger partial charge in [-0.05, 0) is 30.7 Å². The van der Waals surface area contributed by atoms with Crippen molar-refractivity contribution in [3.8, 4) is 5.75 Å². The molecule has 0 radical (unpaired) electrons. The zero-order chi connectivity index (χ0) is 15.9. The van der Waals surface area contributed by atoms with E-state index in [0.717, 1.165) is 10.6 Å². The number of amides is 1. The maximum absolute atomic E-state index is 11.9. The van der Waals surface area contributed by atoms with Crippen LogP contribution >= 0.6 is 11.3 Å². The first-order chi connectivity index (χ1) is 10.5. The molecule has 0 aliphatic carbocycles. The number of nitrogens with one attached hydrogen (secondary N) is 1. The quantitative estimate of drug-likeness (QED) is 0.818. The molecule has 22 heavy (non-hydrogen) atoms. The first-order valence-electron chi connectivity index (χ1n) is 6.68. The lowest BCUT2D eigenvalue weighted by Crippen LogP contribution is -2.13. The molecule has 7 heteroatoms. The molecule has 0 unspecified atom stereocenters. The van der Waals surface area contributed by atoms with Gasteiger partial charge in [0.25, 0.3) is 0 Å². The number of anilines is 1. The lowest BCUT2D eigenvalue weighted by atomic mass is 10.2. The molecule has 0 atom stereocenters. The van der Waals surface area contributed by atoms with Crippen LogP contribution in [0.2, 0.25) is 0 Å². The van der Waals surface area contributed by atoms with E-state index in [0.29, 0.717) is 24.3 Å². The Bertz CT molecular complexity index is 656. The summed E-state index contributed by atoms with van der Waals surface area (Å²) < 4.78 is 5.09. The first-order valence-corrected chi connectivity index (χ1v) is 7.56. The summed E-state index contributed by atoms with van der Waals surface area (Å²) >= 11 is 1.53. The average molecular weight is 320 g/mol. The second kappa shape index (κ2) is 7.56.